The van der Waals surface area contributed by atoms with Crippen molar-refractivity contribution < 1.29 is 64.3 Å². The summed E-state index contributed by atoms with van der Waals surface area (Å²) in [6.07, 6.45) is 4.66. The van der Waals surface area contributed by atoms with Gasteiger partial charge in [-0.05, 0) is 17.9 Å². The van der Waals surface area contributed by atoms with E-state index in [-0.39, 0.29) is 51.4 Å². The first kappa shape index (κ1) is 14.8. The molecular formula is C11H13BF3K. The van der Waals surface area contributed by atoms with E-state index < -0.39 is 12.4 Å². The molecule has 0 spiro atoms. The van der Waals surface area contributed by atoms with Gasteiger partial charge in [0.2, 0.25) is 0 Å². The van der Waals surface area contributed by atoms with E-state index in [2.05, 4.69) is 0 Å². The Bertz CT molecular complexity index is 330. The summed E-state index contributed by atoms with van der Waals surface area (Å²) in [5, 5.41) is 0. The SMILES string of the molecule is F[B-](F)(F)c1ccc(CC2CCC2)cc1.[K+]. The van der Waals surface area contributed by atoms with Crippen LogP contribution in [0, 0.1) is 5.92 Å². The Labute approximate surface area is 136 Å². The Balaban J connectivity index is 0.00000128. The fraction of sp³-hybridized carbons (Fsp3) is 0.455. The average Bonchev–Trinajstić information content (AvgIpc) is 2.11. The van der Waals surface area contributed by atoms with Gasteiger partial charge < -0.3 is 12.9 Å². The fourth-order valence-electron chi connectivity index (χ4n) is 1.90. The minimum atomic E-state index is -4.83. The third-order valence-corrected chi connectivity index (χ3v) is 3.11. The van der Waals surface area contributed by atoms with Crippen LogP contribution in [0.3, 0.4) is 0 Å². The van der Waals surface area contributed by atoms with Gasteiger partial charge in [0.05, 0.1) is 0 Å². The Morgan fingerprint density at radius 3 is 2.00 bits per heavy atom. The zero-order valence-corrected chi connectivity index (χ0v) is 12.5. The topological polar surface area (TPSA) is 0 Å². The maximum Gasteiger partial charge on any atom is 1.00 e. The van der Waals surface area contributed by atoms with Gasteiger partial charge in [-0.3, -0.25) is 0 Å². The molecule has 0 aliphatic heterocycles. The summed E-state index contributed by atoms with van der Waals surface area (Å²) in [5.41, 5.74) is 0.538. The average molecular weight is 252 g/mol. The van der Waals surface area contributed by atoms with E-state index in [4.69, 9.17) is 0 Å². The monoisotopic (exact) mass is 252 g/mol. The summed E-state index contributed by atoms with van der Waals surface area (Å²) in [5.74, 6) is 0.701. The van der Waals surface area contributed by atoms with Gasteiger partial charge in [-0.15, -0.1) is 5.46 Å². The normalized spacial score (nSPS) is 16.4. The second kappa shape index (κ2) is 6.05. The molecule has 0 amide bonds. The van der Waals surface area contributed by atoms with Gasteiger partial charge in [0.15, 0.2) is 0 Å². The molecule has 0 radical (unpaired) electrons. The predicted molar refractivity (Wildman–Crippen MR) is 56.2 cm³/mol. The van der Waals surface area contributed by atoms with E-state index in [1.807, 2.05) is 0 Å². The maximum atomic E-state index is 12.3. The van der Waals surface area contributed by atoms with Crippen LogP contribution in [0.25, 0.3) is 0 Å². The smallest absolute Gasteiger partial charge is 0.445 e. The Morgan fingerprint density at radius 2 is 1.62 bits per heavy atom. The van der Waals surface area contributed by atoms with Crippen molar-refractivity contribution in [2.75, 3.05) is 0 Å². The molecule has 0 heterocycles. The van der Waals surface area contributed by atoms with Crippen LogP contribution in [0.1, 0.15) is 24.8 Å². The van der Waals surface area contributed by atoms with Crippen molar-refractivity contribution >= 4 is 12.4 Å². The third-order valence-electron chi connectivity index (χ3n) is 3.11. The van der Waals surface area contributed by atoms with Crippen molar-refractivity contribution in [1.82, 2.24) is 0 Å². The van der Waals surface area contributed by atoms with Crippen molar-refractivity contribution in [3.05, 3.63) is 29.8 Å². The molecule has 0 atom stereocenters. The van der Waals surface area contributed by atoms with E-state index in [0.717, 1.165) is 12.0 Å². The van der Waals surface area contributed by atoms with Crippen LogP contribution < -0.4 is 56.8 Å². The van der Waals surface area contributed by atoms with E-state index in [1.165, 1.54) is 31.4 Å². The van der Waals surface area contributed by atoms with Gasteiger partial charge in [0, 0.05) is 0 Å². The molecule has 1 aromatic rings. The molecule has 0 nitrogen and oxygen atoms in total. The number of benzene rings is 1. The van der Waals surface area contributed by atoms with Crippen molar-refractivity contribution in [2.45, 2.75) is 25.7 Å². The fourth-order valence-corrected chi connectivity index (χ4v) is 1.90. The van der Waals surface area contributed by atoms with Crippen LogP contribution in [-0.2, 0) is 6.42 Å². The maximum absolute atomic E-state index is 12.3. The first-order chi connectivity index (χ1) is 7.05. The largest absolute Gasteiger partial charge is 1.00 e. The van der Waals surface area contributed by atoms with Crippen LogP contribution in [0.4, 0.5) is 12.9 Å². The zero-order chi connectivity index (χ0) is 10.9. The molecular weight excluding hydrogens is 239 g/mol. The van der Waals surface area contributed by atoms with Crippen molar-refractivity contribution in [3.63, 3.8) is 0 Å². The van der Waals surface area contributed by atoms with E-state index >= 15 is 0 Å². The second-order valence-corrected chi connectivity index (χ2v) is 4.32. The summed E-state index contributed by atoms with van der Waals surface area (Å²) < 4.78 is 37.0. The first-order valence-corrected chi connectivity index (χ1v) is 5.34. The summed E-state index contributed by atoms with van der Waals surface area (Å²) in [7, 11) is 0. The number of halogens is 3. The van der Waals surface area contributed by atoms with Crippen LogP contribution in [0.2, 0.25) is 0 Å². The van der Waals surface area contributed by atoms with Gasteiger partial charge >= 0.3 is 58.4 Å². The van der Waals surface area contributed by atoms with Gasteiger partial charge in [0.1, 0.15) is 0 Å². The molecule has 0 bridgehead atoms. The Kier molecular flexibility index (Phi) is 5.58. The molecule has 5 heteroatoms. The third kappa shape index (κ3) is 3.88. The van der Waals surface area contributed by atoms with Gasteiger partial charge in [-0.2, -0.15) is 0 Å². The van der Waals surface area contributed by atoms with Crippen molar-refractivity contribution in [3.8, 4) is 0 Å². The zero-order valence-electron chi connectivity index (χ0n) is 9.43. The first-order valence-electron chi connectivity index (χ1n) is 5.34. The number of rotatable bonds is 3. The molecule has 16 heavy (non-hydrogen) atoms. The van der Waals surface area contributed by atoms with Gasteiger partial charge in [-0.25, -0.2) is 0 Å². The molecule has 82 valence electrons. The minimum Gasteiger partial charge on any atom is -0.445 e. The number of hydrogen-bond donors (Lipinski definition) is 0. The molecule has 0 N–H and O–H groups in total. The van der Waals surface area contributed by atoms with E-state index in [0.29, 0.717) is 5.92 Å². The van der Waals surface area contributed by atoms with E-state index in [9.17, 15) is 12.9 Å². The van der Waals surface area contributed by atoms with Crippen molar-refractivity contribution in [1.29, 1.82) is 0 Å². The molecule has 1 aliphatic rings. The molecule has 0 unspecified atom stereocenters. The number of hydrogen-bond acceptors (Lipinski definition) is 0. The molecule has 1 saturated carbocycles. The van der Waals surface area contributed by atoms with Crippen LogP contribution in [-0.4, -0.2) is 6.98 Å². The van der Waals surface area contributed by atoms with Gasteiger partial charge in [-0.1, -0.05) is 43.5 Å². The van der Waals surface area contributed by atoms with Crippen LogP contribution in [0.15, 0.2) is 24.3 Å². The molecule has 1 fully saturated rings. The Morgan fingerprint density at radius 1 is 1.06 bits per heavy atom. The summed E-state index contributed by atoms with van der Waals surface area (Å²) in [4.78, 5) is 0. The van der Waals surface area contributed by atoms with Crippen LogP contribution in [0.5, 0.6) is 0 Å². The predicted octanol–water partition coefficient (Wildman–Crippen LogP) is 0.0876. The van der Waals surface area contributed by atoms with E-state index in [1.54, 1.807) is 12.1 Å². The molecule has 0 aromatic heterocycles. The second-order valence-electron chi connectivity index (χ2n) is 4.32. The summed E-state index contributed by atoms with van der Waals surface area (Å²) >= 11 is 0. The quantitative estimate of drug-likeness (QED) is 0.669. The standard InChI is InChI=1S/C11H13BF3.K/c13-12(14,15)11-6-4-10(5-7-11)8-9-2-1-3-9;/h4-7,9H,1-3,8H2;/q-1;+1. The summed E-state index contributed by atoms with van der Waals surface area (Å²) in [6.45, 7) is -4.83. The summed E-state index contributed by atoms with van der Waals surface area (Å²) in [6, 6.07) is 5.63. The van der Waals surface area contributed by atoms with Crippen molar-refractivity contribution in [2.24, 2.45) is 5.92 Å². The van der Waals surface area contributed by atoms with Gasteiger partial charge in [0.25, 0.3) is 0 Å². The molecule has 1 aromatic carbocycles. The molecule has 0 saturated heterocycles. The molecule has 2 rings (SSSR count). The molecule has 1 aliphatic carbocycles. The van der Waals surface area contributed by atoms with Crippen LogP contribution >= 0.6 is 0 Å². The minimum absolute atomic E-state index is 0. The Hall–Kier alpha value is 0.711.